The monoisotopic (exact) mass is 166 g/mol. The molecule has 0 aliphatic heterocycles. The molecular formula is C7H6N2O3. The van der Waals surface area contributed by atoms with Crippen molar-refractivity contribution in [2.45, 2.75) is 0 Å². The number of phenols is 1. The molecule has 0 atom stereocenters. The van der Waals surface area contributed by atoms with E-state index < -0.39 is 0 Å². The number of aromatic hydroxyl groups is 1. The number of nitroso groups, excluding NO2 is 1. The van der Waals surface area contributed by atoms with Crippen LogP contribution in [0.15, 0.2) is 17.3 Å². The molecule has 0 heterocycles. The molecule has 5 heteroatoms. The number of phenolic OH excluding ortho intramolecular Hbond substituents is 1. The van der Waals surface area contributed by atoms with Gasteiger partial charge in [0.05, 0.1) is 11.3 Å². The highest BCUT2D eigenvalue weighted by atomic mass is 16.3. The maximum absolute atomic E-state index is 10.3. The van der Waals surface area contributed by atoms with Crippen molar-refractivity contribution in [3.63, 3.8) is 0 Å². The summed E-state index contributed by atoms with van der Waals surface area (Å²) in [6, 6.07) is 2.35. The predicted molar refractivity (Wildman–Crippen MR) is 43.4 cm³/mol. The first-order chi connectivity index (χ1) is 5.69. The number of rotatable bonds is 2. The largest absolute Gasteiger partial charge is 0.505 e. The first-order valence-electron chi connectivity index (χ1n) is 3.10. The van der Waals surface area contributed by atoms with Crippen molar-refractivity contribution in [3.8, 4) is 5.75 Å². The summed E-state index contributed by atoms with van der Waals surface area (Å²) >= 11 is 0. The van der Waals surface area contributed by atoms with E-state index in [4.69, 9.17) is 10.8 Å². The van der Waals surface area contributed by atoms with E-state index in [1.54, 1.807) is 0 Å². The van der Waals surface area contributed by atoms with Crippen LogP contribution in [0.4, 0.5) is 11.4 Å². The minimum absolute atomic E-state index is 0.0207. The summed E-state index contributed by atoms with van der Waals surface area (Å²) in [7, 11) is 0. The third kappa shape index (κ3) is 1.24. The Hall–Kier alpha value is -1.91. The number of benzene rings is 1. The van der Waals surface area contributed by atoms with Crippen LogP contribution in [0.5, 0.6) is 5.75 Å². The standard InChI is InChI=1S/C7H6N2O3/c8-6-2-5(9-12)1-4(3-10)7(6)11/h1-3,11H,8H2. The smallest absolute Gasteiger partial charge is 0.153 e. The zero-order valence-electron chi connectivity index (χ0n) is 6.02. The average molecular weight is 166 g/mol. The van der Waals surface area contributed by atoms with Gasteiger partial charge in [0.1, 0.15) is 11.4 Å². The molecule has 0 aliphatic carbocycles. The molecule has 0 saturated carbocycles. The van der Waals surface area contributed by atoms with E-state index in [1.807, 2.05) is 0 Å². The number of nitrogens with zero attached hydrogens (tertiary/aromatic N) is 1. The van der Waals surface area contributed by atoms with E-state index in [0.29, 0.717) is 6.29 Å². The minimum Gasteiger partial charge on any atom is -0.505 e. The number of aldehydes is 1. The summed E-state index contributed by atoms with van der Waals surface area (Å²) in [4.78, 5) is 20.3. The van der Waals surface area contributed by atoms with Crippen LogP contribution in [-0.2, 0) is 0 Å². The van der Waals surface area contributed by atoms with Crippen molar-refractivity contribution in [2.75, 3.05) is 5.73 Å². The van der Waals surface area contributed by atoms with Gasteiger partial charge in [-0.3, -0.25) is 4.79 Å². The van der Waals surface area contributed by atoms with Crippen molar-refractivity contribution >= 4 is 17.7 Å². The number of hydrogen-bond donors (Lipinski definition) is 2. The number of carbonyl (C=O) groups excluding carboxylic acids is 1. The average Bonchev–Trinajstić information content (AvgIpc) is 2.09. The molecule has 0 spiro atoms. The minimum atomic E-state index is -0.322. The molecule has 1 aromatic carbocycles. The summed E-state index contributed by atoms with van der Waals surface area (Å²) < 4.78 is 0. The highest BCUT2D eigenvalue weighted by Gasteiger charge is 2.06. The van der Waals surface area contributed by atoms with Crippen molar-refractivity contribution < 1.29 is 9.90 Å². The van der Waals surface area contributed by atoms with E-state index >= 15 is 0 Å². The fraction of sp³-hybridized carbons (Fsp3) is 0. The second-order valence-corrected chi connectivity index (χ2v) is 2.18. The summed E-state index contributed by atoms with van der Waals surface area (Å²) in [5, 5.41) is 11.7. The lowest BCUT2D eigenvalue weighted by Gasteiger charge is -2.00. The number of hydrogen-bond acceptors (Lipinski definition) is 5. The van der Waals surface area contributed by atoms with Gasteiger partial charge in [-0.2, -0.15) is 0 Å². The Labute approximate surface area is 67.8 Å². The van der Waals surface area contributed by atoms with Crippen LogP contribution in [0.25, 0.3) is 0 Å². The molecule has 12 heavy (non-hydrogen) atoms. The first-order valence-corrected chi connectivity index (χ1v) is 3.10. The Bertz CT molecular complexity index is 336. The van der Waals surface area contributed by atoms with Crippen LogP contribution in [0.3, 0.4) is 0 Å². The summed E-state index contributed by atoms with van der Waals surface area (Å²) in [6.07, 6.45) is 0.403. The van der Waals surface area contributed by atoms with Crippen molar-refractivity contribution in [3.05, 3.63) is 22.6 Å². The van der Waals surface area contributed by atoms with Gasteiger partial charge < -0.3 is 10.8 Å². The second kappa shape index (κ2) is 3.00. The van der Waals surface area contributed by atoms with Gasteiger partial charge >= 0.3 is 0 Å². The van der Waals surface area contributed by atoms with Crippen LogP contribution in [0.2, 0.25) is 0 Å². The van der Waals surface area contributed by atoms with Crippen LogP contribution >= 0.6 is 0 Å². The van der Waals surface area contributed by atoms with Crippen molar-refractivity contribution in [1.82, 2.24) is 0 Å². The Kier molecular flexibility index (Phi) is 2.05. The van der Waals surface area contributed by atoms with Gasteiger partial charge in [-0.15, -0.1) is 4.91 Å². The van der Waals surface area contributed by atoms with E-state index in [2.05, 4.69) is 5.18 Å². The van der Waals surface area contributed by atoms with Crippen LogP contribution in [-0.4, -0.2) is 11.4 Å². The van der Waals surface area contributed by atoms with Crippen molar-refractivity contribution in [2.24, 2.45) is 5.18 Å². The molecule has 62 valence electrons. The first kappa shape index (κ1) is 8.19. The van der Waals surface area contributed by atoms with Gasteiger partial charge in [-0.05, 0) is 17.3 Å². The van der Waals surface area contributed by atoms with Gasteiger partial charge in [0.15, 0.2) is 6.29 Å². The lowest BCUT2D eigenvalue weighted by Crippen LogP contribution is -1.89. The van der Waals surface area contributed by atoms with Gasteiger partial charge in [0.2, 0.25) is 0 Å². The zero-order valence-corrected chi connectivity index (χ0v) is 6.02. The molecule has 0 radical (unpaired) electrons. The molecule has 0 aliphatic rings. The molecule has 1 aromatic rings. The van der Waals surface area contributed by atoms with E-state index in [0.717, 1.165) is 6.07 Å². The quantitative estimate of drug-likeness (QED) is 0.298. The van der Waals surface area contributed by atoms with Gasteiger partial charge in [0.25, 0.3) is 0 Å². The van der Waals surface area contributed by atoms with Crippen LogP contribution in [0.1, 0.15) is 10.4 Å². The molecule has 0 bridgehead atoms. The lowest BCUT2D eigenvalue weighted by atomic mass is 10.1. The molecule has 0 aromatic heterocycles. The Morgan fingerprint density at radius 3 is 2.67 bits per heavy atom. The SMILES string of the molecule is Nc1cc(N=O)cc(C=O)c1O. The van der Waals surface area contributed by atoms with Gasteiger partial charge in [-0.25, -0.2) is 0 Å². The third-order valence-corrected chi connectivity index (χ3v) is 1.39. The third-order valence-electron chi connectivity index (χ3n) is 1.39. The lowest BCUT2D eigenvalue weighted by molar-refractivity contribution is 0.112. The maximum atomic E-state index is 10.3. The Morgan fingerprint density at radius 1 is 1.50 bits per heavy atom. The summed E-state index contributed by atoms with van der Waals surface area (Å²) in [5.74, 6) is -0.322. The normalized spacial score (nSPS) is 9.33. The van der Waals surface area contributed by atoms with Crippen molar-refractivity contribution in [1.29, 1.82) is 0 Å². The predicted octanol–water partition coefficient (Wildman–Crippen LogP) is 1.18. The van der Waals surface area contributed by atoms with E-state index in [-0.39, 0.29) is 22.7 Å². The summed E-state index contributed by atoms with van der Waals surface area (Å²) in [5.41, 5.74) is 5.22. The highest BCUT2D eigenvalue weighted by molar-refractivity contribution is 5.85. The fourth-order valence-electron chi connectivity index (χ4n) is 0.806. The van der Waals surface area contributed by atoms with E-state index in [9.17, 15) is 9.70 Å². The summed E-state index contributed by atoms with van der Waals surface area (Å²) in [6.45, 7) is 0. The molecule has 3 N–H and O–H groups in total. The van der Waals surface area contributed by atoms with Gasteiger partial charge in [-0.1, -0.05) is 0 Å². The number of nitrogen functional groups attached to an aromatic ring is 1. The number of nitrogens with two attached hydrogens (primary N) is 1. The molecule has 1 rings (SSSR count). The molecule has 0 amide bonds. The Morgan fingerprint density at radius 2 is 2.17 bits per heavy atom. The molecule has 0 fully saturated rings. The number of anilines is 1. The molecule has 5 nitrogen and oxygen atoms in total. The maximum Gasteiger partial charge on any atom is 0.153 e. The number of carbonyl (C=O) groups is 1. The van der Waals surface area contributed by atoms with E-state index in [1.165, 1.54) is 6.07 Å². The van der Waals surface area contributed by atoms with Crippen LogP contribution in [0, 0.1) is 4.91 Å². The fourth-order valence-corrected chi connectivity index (χ4v) is 0.806. The van der Waals surface area contributed by atoms with Crippen LogP contribution < -0.4 is 5.73 Å². The Balaban J connectivity index is 3.37. The zero-order chi connectivity index (χ0) is 9.14. The molecule has 0 saturated heterocycles. The molecule has 0 unspecified atom stereocenters. The molecular weight excluding hydrogens is 160 g/mol. The van der Waals surface area contributed by atoms with Gasteiger partial charge in [0, 0.05) is 0 Å². The highest BCUT2D eigenvalue weighted by Crippen LogP contribution is 2.29. The topological polar surface area (TPSA) is 92.8 Å². The second-order valence-electron chi connectivity index (χ2n) is 2.18.